The van der Waals surface area contributed by atoms with E-state index in [9.17, 15) is 0 Å². The standard InChI is InChI=1S/C31H24OP/c1-32-28-20-19-26-23-25(17-18-27(26)24-28)21-22-33(29-11-5-2-6-12-29,30-13-7-3-8-14-30)31-15-9-4-10-16-31/h2-20,23-24H,1H3/q+1. The molecule has 0 amide bonds. The molecular formula is C31H24OP+. The maximum atomic E-state index is 5.37. The van der Waals surface area contributed by atoms with Gasteiger partial charge < -0.3 is 4.74 Å². The van der Waals surface area contributed by atoms with Gasteiger partial charge >= 0.3 is 0 Å². The Labute approximate surface area is 196 Å². The fourth-order valence-electron chi connectivity index (χ4n) is 4.17. The van der Waals surface area contributed by atoms with Gasteiger partial charge in [0.15, 0.2) is 7.26 Å². The number of fused-ring (bicyclic) bond motifs is 1. The van der Waals surface area contributed by atoms with Crippen molar-refractivity contribution in [3.8, 4) is 17.3 Å². The van der Waals surface area contributed by atoms with Gasteiger partial charge in [-0.05, 0) is 77.4 Å². The van der Waals surface area contributed by atoms with Crippen LogP contribution in [0.1, 0.15) is 5.56 Å². The van der Waals surface area contributed by atoms with Gasteiger partial charge in [0.25, 0.3) is 0 Å². The lowest BCUT2D eigenvalue weighted by Gasteiger charge is -2.21. The Morgan fingerprint density at radius 2 is 1.03 bits per heavy atom. The Morgan fingerprint density at radius 3 is 1.55 bits per heavy atom. The molecule has 0 fully saturated rings. The number of ether oxygens (including phenoxy) is 1. The van der Waals surface area contributed by atoms with Crippen LogP contribution in [0.3, 0.4) is 0 Å². The van der Waals surface area contributed by atoms with Gasteiger partial charge in [-0.3, -0.25) is 0 Å². The van der Waals surface area contributed by atoms with Crippen molar-refractivity contribution in [2.75, 3.05) is 7.11 Å². The largest absolute Gasteiger partial charge is 0.497 e. The molecule has 0 aromatic heterocycles. The van der Waals surface area contributed by atoms with Gasteiger partial charge in [0, 0.05) is 5.56 Å². The van der Waals surface area contributed by atoms with Crippen LogP contribution in [0.5, 0.6) is 5.75 Å². The minimum atomic E-state index is -2.17. The third kappa shape index (κ3) is 4.14. The van der Waals surface area contributed by atoms with Crippen LogP contribution in [0.25, 0.3) is 10.8 Å². The molecule has 0 spiro atoms. The summed E-state index contributed by atoms with van der Waals surface area (Å²) in [7, 11) is -0.477. The van der Waals surface area contributed by atoms with Gasteiger partial charge in [0.2, 0.25) is 0 Å². The Morgan fingerprint density at radius 1 is 0.545 bits per heavy atom. The molecular weight excluding hydrogens is 419 g/mol. The molecule has 33 heavy (non-hydrogen) atoms. The normalized spacial score (nSPS) is 10.9. The Kier molecular flexibility index (Phi) is 5.95. The molecule has 0 unspecified atom stereocenters. The molecule has 5 aromatic rings. The molecule has 158 valence electrons. The first kappa shape index (κ1) is 21.0. The highest BCUT2D eigenvalue weighted by Crippen LogP contribution is 2.54. The third-order valence-corrected chi connectivity index (χ3v) is 9.51. The van der Waals surface area contributed by atoms with E-state index in [-0.39, 0.29) is 0 Å². The predicted molar refractivity (Wildman–Crippen MR) is 143 cm³/mol. The molecule has 5 aromatic carbocycles. The molecule has 0 bridgehead atoms. The first-order valence-corrected chi connectivity index (χ1v) is 12.8. The van der Waals surface area contributed by atoms with Gasteiger partial charge in [-0.25, -0.2) is 0 Å². The van der Waals surface area contributed by atoms with E-state index in [0.717, 1.165) is 22.1 Å². The maximum absolute atomic E-state index is 5.37. The van der Waals surface area contributed by atoms with Crippen molar-refractivity contribution in [1.82, 2.24) is 0 Å². The summed E-state index contributed by atoms with van der Waals surface area (Å²) in [5, 5.41) is 6.10. The van der Waals surface area contributed by atoms with Gasteiger partial charge in [-0.15, -0.1) is 0 Å². The smallest absolute Gasteiger partial charge is 0.189 e. The highest BCUT2D eigenvalue weighted by atomic mass is 31.2. The number of hydrogen-bond acceptors (Lipinski definition) is 1. The minimum absolute atomic E-state index is 0.864. The molecule has 0 radical (unpaired) electrons. The first-order valence-electron chi connectivity index (χ1n) is 11.0. The van der Waals surface area contributed by atoms with Crippen molar-refractivity contribution in [1.29, 1.82) is 0 Å². The van der Waals surface area contributed by atoms with Crippen molar-refractivity contribution in [2.24, 2.45) is 0 Å². The van der Waals surface area contributed by atoms with Crippen LogP contribution in [0, 0.1) is 11.6 Å². The average molecular weight is 444 g/mol. The molecule has 0 atom stereocenters. The van der Waals surface area contributed by atoms with E-state index in [1.54, 1.807) is 7.11 Å². The van der Waals surface area contributed by atoms with Crippen LogP contribution in [0.2, 0.25) is 0 Å². The second-order valence-electron chi connectivity index (χ2n) is 7.84. The van der Waals surface area contributed by atoms with Gasteiger partial charge in [0.05, 0.1) is 12.8 Å². The summed E-state index contributed by atoms with van der Waals surface area (Å²) in [6.07, 6.45) is 0. The quantitative estimate of drug-likeness (QED) is 0.239. The summed E-state index contributed by atoms with van der Waals surface area (Å²) in [5.41, 5.74) is 4.84. The minimum Gasteiger partial charge on any atom is -0.497 e. The van der Waals surface area contributed by atoms with E-state index in [4.69, 9.17) is 4.74 Å². The van der Waals surface area contributed by atoms with E-state index in [1.807, 2.05) is 6.07 Å². The van der Waals surface area contributed by atoms with Gasteiger partial charge in [0.1, 0.15) is 21.7 Å². The van der Waals surface area contributed by atoms with Crippen molar-refractivity contribution >= 4 is 33.9 Å². The molecule has 0 aliphatic rings. The first-order chi connectivity index (χ1) is 16.3. The van der Waals surface area contributed by atoms with E-state index >= 15 is 0 Å². The summed E-state index contributed by atoms with van der Waals surface area (Å²) in [4.78, 5) is 0. The number of rotatable bonds is 4. The lowest BCUT2D eigenvalue weighted by Crippen LogP contribution is -2.29. The van der Waals surface area contributed by atoms with Crippen LogP contribution < -0.4 is 20.7 Å². The number of hydrogen-bond donors (Lipinski definition) is 0. The zero-order chi connectivity index (χ0) is 22.5. The summed E-state index contributed by atoms with van der Waals surface area (Å²) in [6, 6.07) is 44.7. The fraction of sp³-hybridized carbons (Fsp3) is 0.0323. The van der Waals surface area contributed by atoms with Crippen LogP contribution in [0.15, 0.2) is 127 Å². The molecule has 0 N–H and O–H groups in total. The van der Waals surface area contributed by atoms with Crippen molar-refractivity contribution in [2.45, 2.75) is 0 Å². The van der Waals surface area contributed by atoms with Gasteiger partial charge in [-0.1, -0.05) is 66.7 Å². The van der Waals surface area contributed by atoms with Crippen molar-refractivity contribution < 1.29 is 4.74 Å². The Balaban J connectivity index is 1.73. The van der Waals surface area contributed by atoms with Gasteiger partial charge in [-0.2, -0.15) is 0 Å². The summed E-state index contributed by atoms with van der Waals surface area (Å²) in [5.74, 6) is 4.43. The Bertz CT molecular complexity index is 1340. The van der Waals surface area contributed by atoms with Crippen molar-refractivity contribution in [3.05, 3.63) is 133 Å². The molecule has 0 aliphatic heterocycles. The zero-order valence-corrected chi connectivity index (χ0v) is 19.4. The van der Waals surface area contributed by atoms with E-state index in [1.165, 1.54) is 15.9 Å². The molecule has 0 saturated carbocycles. The highest BCUT2D eigenvalue weighted by molar-refractivity contribution is 7.99. The Hall–Kier alpha value is -3.85. The van der Waals surface area contributed by atoms with E-state index < -0.39 is 7.26 Å². The van der Waals surface area contributed by atoms with Crippen molar-refractivity contribution in [3.63, 3.8) is 0 Å². The highest BCUT2D eigenvalue weighted by Gasteiger charge is 2.44. The third-order valence-electron chi connectivity index (χ3n) is 5.85. The van der Waals surface area contributed by atoms with E-state index in [2.05, 4.69) is 133 Å². The second kappa shape index (κ2) is 9.33. The number of benzene rings is 5. The molecule has 0 aliphatic carbocycles. The summed E-state index contributed by atoms with van der Waals surface area (Å²) < 4.78 is 5.37. The summed E-state index contributed by atoms with van der Waals surface area (Å²) >= 11 is 0. The lowest BCUT2D eigenvalue weighted by atomic mass is 10.1. The summed E-state index contributed by atoms with van der Waals surface area (Å²) in [6.45, 7) is 0. The number of methoxy groups -OCH3 is 1. The van der Waals surface area contributed by atoms with Crippen LogP contribution in [0.4, 0.5) is 0 Å². The van der Waals surface area contributed by atoms with Crippen LogP contribution >= 0.6 is 7.26 Å². The topological polar surface area (TPSA) is 9.23 Å². The molecule has 1 nitrogen and oxygen atoms in total. The fourth-order valence-corrected chi connectivity index (χ4v) is 7.61. The molecule has 0 heterocycles. The van der Waals surface area contributed by atoms with E-state index in [0.29, 0.717) is 0 Å². The maximum Gasteiger partial charge on any atom is 0.189 e. The zero-order valence-electron chi connectivity index (χ0n) is 18.5. The predicted octanol–water partition coefficient (Wildman–Crippen LogP) is 6.15. The molecule has 2 heteroatoms. The second-order valence-corrected chi connectivity index (χ2v) is 11.0. The SMILES string of the molecule is COc1ccc2cc(C#C[P+](c3ccccc3)(c3ccccc3)c3ccccc3)ccc2c1. The van der Waals surface area contributed by atoms with Crippen LogP contribution in [-0.4, -0.2) is 7.11 Å². The average Bonchev–Trinajstić information content (AvgIpc) is 2.90. The monoisotopic (exact) mass is 443 g/mol. The molecule has 0 saturated heterocycles. The molecule has 5 rings (SSSR count). The lowest BCUT2D eigenvalue weighted by molar-refractivity contribution is 0.415. The van der Waals surface area contributed by atoms with Crippen LogP contribution in [-0.2, 0) is 0 Å².